The molecule has 1 atom stereocenters. The van der Waals surface area contributed by atoms with Crippen molar-refractivity contribution < 1.29 is 0 Å². The van der Waals surface area contributed by atoms with E-state index < -0.39 is 0 Å². The van der Waals surface area contributed by atoms with Gasteiger partial charge in [0.25, 0.3) is 0 Å². The summed E-state index contributed by atoms with van der Waals surface area (Å²) in [5.41, 5.74) is 1.67. The lowest BCUT2D eigenvalue weighted by molar-refractivity contribution is 0.470. The fraction of sp³-hybridized carbons (Fsp3) is 0.333. The second-order valence-electron chi connectivity index (χ2n) is 5.01. The van der Waals surface area contributed by atoms with Crippen LogP contribution in [0.4, 0.5) is 0 Å². The zero-order valence-electron chi connectivity index (χ0n) is 10.6. The number of nitrogens with one attached hydrogen (secondary N) is 1. The number of thiophene rings is 1. The average Bonchev–Trinajstić information content (AvgIpc) is 3.15. The Labute approximate surface area is 131 Å². The van der Waals surface area contributed by atoms with Crippen LogP contribution < -0.4 is 5.32 Å². The molecule has 1 aromatic carbocycles. The third-order valence-corrected chi connectivity index (χ3v) is 6.47. The van der Waals surface area contributed by atoms with Gasteiger partial charge < -0.3 is 5.32 Å². The Kier molecular flexibility index (Phi) is 3.73. The summed E-state index contributed by atoms with van der Waals surface area (Å²) in [6, 6.07) is 13.2. The van der Waals surface area contributed by atoms with Crippen molar-refractivity contribution >= 4 is 38.9 Å². The molecule has 1 fully saturated rings. The summed E-state index contributed by atoms with van der Waals surface area (Å²) in [6.07, 6.45) is 2.46. The molecule has 0 saturated heterocycles. The molecule has 3 rings (SSSR count). The van der Waals surface area contributed by atoms with E-state index in [-0.39, 0.29) is 5.41 Å². The van der Waals surface area contributed by atoms with Gasteiger partial charge in [-0.2, -0.15) is 0 Å². The van der Waals surface area contributed by atoms with Gasteiger partial charge in [0, 0.05) is 10.3 Å². The van der Waals surface area contributed by atoms with Gasteiger partial charge in [-0.15, -0.1) is 11.3 Å². The van der Waals surface area contributed by atoms with E-state index in [1.807, 2.05) is 7.05 Å². The normalized spacial score (nSPS) is 18.3. The maximum absolute atomic E-state index is 6.18. The van der Waals surface area contributed by atoms with Crippen molar-refractivity contribution in [2.45, 2.75) is 24.3 Å². The van der Waals surface area contributed by atoms with E-state index in [1.165, 1.54) is 23.3 Å². The summed E-state index contributed by atoms with van der Waals surface area (Å²) in [4.78, 5) is 1.31. The minimum absolute atomic E-state index is 0.240. The van der Waals surface area contributed by atoms with Crippen molar-refractivity contribution in [3.8, 4) is 0 Å². The van der Waals surface area contributed by atoms with Crippen molar-refractivity contribution in [3.63, 3.8) is 0 Å². The lowest BCUT2D eigenvalue weighted by atomic mass is 9.87. The fourth-order valence-corrected chi connectivity index (χ4v) is 4.82. The topological polar surface area (TPSA) is 12.0 Å². The molecular formula is C15H15BrClNS. The molecule has 19 heavy (non-hydrogen) atoms. The highest BCUT2D eigenvalue weighted by molar-refractivity contribution is 9.11. The molecule has 1 unspecified atom stereocenters. The Morgan fingerprint density at radius 2 is 2.00 bits per heavy atom. The van der Waals surface area contributed by atoms with Crippen LogP contribution in [0.1, 0.15) is 29.3 Å². The Balaban J connectivity index is 1.99. The molecule has 1 heterocycles. The van der Waals surface area contributed by atoms with Gasteiger partial charge >= 0.3 is 0 Å². The number of halogens is 2. The van der Waals surface area contributed by atoms with Crippen molar-refractivity contribution in [1.29, 1.82) is 0 Å². The van der Waals surface area contributed by atoms with Crippen molar-refractivity contribution in [3.05, 3.63) is 55.6 Å². The van der Waals surface area contributed by atoms with Crippen LogP contribution in [0.3, 0.4) is 0 Å². The molecule has 100 valence electrons. The summed E-state index contributed by atoms with van der Waals surface area (Å²) >= 11 is 11.4. The maximum Gasteiger partial charge on any atom is 0.0888 e. The lowest BCUT2D eigenvalue weighted by Gasteiger charge is -2.26. The minimum Gasteiger partial charge on any atom is -0.312 e. The maximum atomic E-state index is 6.18. The second-order valence-corrected chi connectivity index (χ2v) is 7.82. The van der Waals surface area contributed by atoms with Crippen molar-refractivity contribution in [2.75, 3.05) is 7.05 Å². The van der Waals surface area contributed by atoms with Gasteiger partial charge in [0.1, 0.15) is 0 Å². The standard InChI is InChI=1S/C15H15BrClNS/c1-18-13(12-9-11(17)14(16)19-12)15(7-8-15)10-5-3-2-4-6-10/h2-6,9,13,18H,7-8H2,1H3. The second kappa shape index (κ2) is 5.21. The first kappa shape index (κ1) is 13.6. The molecule has 1 aliphatic rings. The van der Waals surface area contributed by atoms with Crippen LogP contribution in [0.2, 0.25) is 5.02 Å². The first-order chi connectivity index (χ1) is 9.17. The zero-order valence-corrected chi connectivity index (χ0v) is 13.8. The van der Waals surface area contributed by atoms with E-state index in [0.717, 1.165) is 8.81 Å². The molecule has 4 heteroatoms. The van der Waals surface area contributed by atoms with Gasteiger partial charge in [-0.3, -0.25) is 0 Å². The SMILES string of the molecule is CNC(c1cc(Cl)c(Br)s1)C1(c2ccccc2)CC1. The van der Waals surface area contributed by atoms with Crippen LogP contribution in [0.25, 0.3) is 0 Å². The summed E-state index contributed by atoms with van der Waals surface area (Å²) < 4.78 is 1.02. The molecule has 1 aliphatic carbocycles. The van der Waals surface area contributed by atoms with E-state index in [4.69, 9.17) is 11.6 Å². The Morgan fingerprint density at radius 1 is 1.32 bits per heavy atom. The first-order valence-corrected chi connectivity index (χ1v) is 8.33. The molecule has 0 radical (unpaired) electrons. The number of hydrogen-bond acceptors (Lipinski definition) is 2. The van der Waals surface area contributed by atoms with Crippen LogP contribution in [0.15, 0.2) is 40.2 Å². The molecule has 0 spiro atoms. The highest BCUT2D eigenvalue weighted by Gasteiger charge is 2.51. The lowest BCUT2D eigenvalue weighted by Crippen LogP contribution is -2.28. The molecule has 1 saturated carbocycles. The van der Waals surface area contributed by atoms with Gasteiger partial charge in [0.05, 0.1) is 14.9 Å². The molecule has 0 bridgehead atoms. The van der Waals surface area contributed by atoms with Crippen molar-refractivity contribution in [1.82, 2.24) is 5.32 Å². The third-order valence-electron chi connectivity index (χ3n) is 3.93. The number of likely N-dealkylation sites (N-methyl/N-ethyl adjacent to an activating group) is 1. The Morgan fingerprint density at radius 3 is 2.47 bits per heavy atom. The summed E-state index contributed by atoms with van der Waals surface area (Å²) in [7, 11) is 2.04. The monoisotopic (exact) mass is 355 g/mol. The van der Waals surface area contributed by atoms with E-state index in [2.05, 4.69) is 57.6 Å². The molecule has 0 aliphatic heterocycles. The van der Waals surface area contributed by atoms with Crippen LogP contribution in [0, 0.1) is 0 Å². The fourth-order valence-electron chi connectivity index (χ4n) is 2.85. The summed E-state index contributed by atoms with van der Waals surface area (Å²) in [6.45, 7) is 0. The highest BCUT2D eigenvalue weighted by Crippen LogP contribution is 2.57. The molecule has 1 N–H and O–H groups in total. The molecule has 1 nitrogen and oxygen atoms in total. The number of rotatable bonds is 4. The van der Waals surface area contributed by atoms with Crippen LogP contribution in [-0.2, 0) is 5.41 Å². The molecule has 0 amide bonds. The smallest absolute Gasteiger partial charge is 0.0888 e. The van der Waals surface area contributed by atoms with E-state index in [0.29, 0.717) is 6.04 Å². The Bertz CT molecular complexity index is 558. The van der Waals surface area contributed by atoms with Gasteiger partial charge in [-0.25, -0.2) is 0 Å². The van der Waals surface area contributed by atoms with E-state index in [9.17, 15) is 0 Å². The zero-order chi connectivity index (χ0) is 13.5. The quantitative estimate of drug-likeness (QED) is 0.798. The van der Waals surface area contributed by atoms with Gasteiger partial charge in [-0.05, 0) is 47.4 Å². The minimum atomic E-state index is 0.240. The van der Waals surface area contributed by atoms with E-state index in [1.54, 1.807) is 11.3 Å². The molecular weight excluding hydrogens is 342 g/mol. The highest BCUT2D eigenvalue weighted by atomic mass is 79.9. The summed E-state index contributed by atoms with van der Waals surface area (Å²) in [5, 5.41) is 4.30. The largest absolute Gasteiger partial charge is 0.312 e. The average molecular weight is 357 g/mol. The van der Waals surface area contributed by atoms with Crippen LogP contribution >= 0.6 is 38.9 Å². The number of hydrogen-bond donors (Lipinski definition) is 1. The third kappa shape index (κ3) is 2.38. The predicted octanol–water partition coefficient (Wildman–Crippen LogP) is 5.16. The van der Waals surface area contributed by atoms with E-state index >= 15 is 0 Å². The van der Waals surface area contributed by atoms with Gasteiger partial charge in [0.15, 0.2) is 0 Å². The molecule has 1 aromatic heterocycles. The van der Waals surface area contributed by atoms with Crippen LogP contribution in [-0.4, -0.2) is 7.05 Å². The Hall–Kier alpha value is -0.350. The van der Waals surface area contributed by atoms with Gasteiger partial charge in [-0.1, -0.05) is 41.9 Å². The van der Waals surface area contributed by atoms with Crippen molar-refractivity contribution in [2.24, 2.45) is 0 Å². The van der Waals surface area contributed by atoms with Gasteiger partial charge in [0.2, 0.25) is 0 Å². The predicted molar refractivity (Wildman–Crippen MR) is 86.2 cm³/mol. The summed E-state index contributed by atoms with van der Waals surface area (Å²) in [5.74, 6) is 0. The molecule has 2 aromatic rings. The number of benzene rings is 1. The first-order valence-electron chi connectivity index (χ1n) is 6.35. The van der Waals surface area contributed by atoms with Crippen LogP contribution in [0.5, 0.6) is 0 Å².